The van der Waals surface area contributed by atoms with Crippen molar-refractivity contribution in [3.63, 3.8) is 0 Å². The number of H-pyrrole nitrogens is 1. The van der Waals surface area contributed by atoms with Crippen LogP contribution in [0.3, 0.4) is 0 Å². The predicted molar refractivity (Wildman–Crippen MR) is 83.6 cm³/mol. The molecule has 1 aromatic carbocycles. The molecule has 0 spiro atoms. The lowest BCUT2D eigenvalue weighted by Crippen LogP contribution is -2.30. The highest BCUT2D eigenvalue weighted by molar-refractivity contribution is 8.00. The average Bonchev–Trinajstić information content (AvgIpc) is 3.13. The lowest BCUT2D eigenvalue weighted by atomic mass is 10.2. The Hall–Kier alpha value is -2.42. The van der Waals surface area contributed by atoms with E-state index in [1.807, 2.05) is 18.2 Å². The summed E-state index contributed by atoms with van der Waals surface area (Å²) in [6, 6.07) is 5.54. The quantitative estimate of drug-likeness (QED) is 0.777. The van der Waals surface area contributed by atoms with Gasteiger partial charge in [0.2, 0.25) is 12.7 Å². The molecule has 1 aliphatic rings. The number of carbonyl (C=O) groups is 1. The topological polar surface area (TPSA) is 98.2 Å². The van der Waals surface area contributed by atoms with E-state index in [1.165, 1.54) is 16.3 Å². The summed E-state index contributed by atoms with van der Waals surface area (Å²) in [6.07, 6.45) is 0. The predicted octanol–water partition coefficient (Wildman–Crippen LogP) is 0.634. The molecule has 0 fully saturated rings. The number of rotatable bonds is 5. The van der Waals surface area contributed by atoms with Gasteiger partial charge in [0.05, 0.1) is 5.25 Å². The molecule has 0 saturated carbocycles. The number of nitrogens with zero attached hydrogens (tertiary/aromatic N) is 2. The van der Waals surface area contributed by atoms with Crippen molar-refractivity contribution in [1.29, 1.82) is 0 Å². The van der Waals surface area contributed by atoms with Gasteiger partial charge >= 0.3 is 5.69 Å². The molecule has 0 unspecified atom stereocenters. The maximum absolute atomic E-state index is 12.2. The van der Waals surface area contributed by atoms with Crippen molar-refractivity contribution in [3.05, 3.63) is 34.2 Å². The summed E-state index contributed by atoms with van der Waals surface area (Å²) < 4.78 is 11.9. The SMILES string of the molecule is C[C@H](Sc1n[nH]c(=O)n1C)C(=O)NCc1ccc2c(c1)OCO2. The molecule has 23 heavy (non-hydrogen) atoms. The van der Waals surface area contributed by atoms with Crippen LogP contribution in [0.2, 0.25) is 0 Å². The van der Waals surface area contributed by atoms with Gasteiger partial charge in [0.25, 0.3) is 0 Å². The van der Waals surface area contributed by atoms with Crippen LogP contribution in [0.5, 0.6) is 11.5 Å². The summed E-state index contributed by atoms with van der Waals surface area (Å²) in [5.41, 5.74) is 0.618. The Morgan fingerprint density at radius 2 is 2.26 bits per heavy atom. The summed E-state index contributed by atoms with van der Waals surface area (Å²) in [4.78, 5) is 23.5. The molecule has 1 aliphatic heterocycles. The summed E-state index contributed by atoms with van der Waals surface area (Å²) in [5, 5.41) is 9.17. The van der Waals surface area contributed by atoms with Crippen molar-refractivity contribution in [2.45, 2.75) is 23.9 Å². The molecule has 0 radical (unpaired) electrons. The standard InChI is InChI=1S/C14H16N4O4S/c1-8(23-14-17-16-13(20)18(14)2)12(19)15-6-9-3-4-10-11(5-9)22-7-21-10/h3-5,8H,6-7H2,1-2H3,(H,15,19)(H,16,20)/t8-/m0/s1. The van der Waals surface area contributed by atoms with Crippen LogP contribution < -0.4 is 20.5 Å². The monoisotopic (exact) mass is 336 g/mol. The highest BCUT2D eigenvalue weighted by Gasteiger charge is 2.18. The van der Waals surface area contributed by atoms with Crippen LogP contribution in [0.15, 0.2) is 28.2 Å². The molecule has 2 heterocycles. The van der Waals surface area contributed by atoms with Crippen LogP contribution in [-0.4, -0.2) is 32.7 Å². The van der Waals surface area contributed by atoms with Gasteiger partial charge in [-0.15, -0.1) is 5.10 Å². The fourth-order valence-corrected chi connectivity index (χ4v) is 2.88. The first-order valence-corrected chi connectivity index (χ1v) is 7.87. The number of aromatic nitrogens is 3. The minimum atomic E-state index is -0.377. The van der Waals surface area contributed by atoms with Gasteiger partial charge in [-0.3, -0.25) is 9.36 Å². The van der Waals surface area contributed by atoms with Crippen LogP contribution in [0, 0.1) is 0 Å². The minimum absolute atomic E-state index is 0.136. The molecule has 2 N–H and O–H groups in total. The Morgan fingerprint density at radius 1 is 1.48 bits per heavy atom. The van der Waals surface area contributed by atoms with E-state index in [0.29, 0.717) is 23.2 Å². The number of amides is 1. The van der Waals surface area contributed by atoms with E-state index in [4.69, 9.17) is 9.47 Å². The van der Waals surface area contributed by atoms with Gasteiger partial charge in [0, 0.05) is 13.6 Å². The number of ether oxygens (including phenoxy) is 2. The van der Waals surface area contributed by atoms with Crippen molar-refractivity contribution in [1.82, 2.24) is 20.1 Å². The van der Waals surface area contributed by atoms with Crippen LogP contribution in [0.25, 0.3) is 0 Å². The number of nitrogens with one attached hydrogen (secondary N) is 2. The molecule has 122 valence electrons. The first-order chi connectivity index (χ1) is 11.0. The number of benzene rings is 1. The molecule has 0 aliphatic carbocycles. The second-order valence-electron chi connectivity index (χ2n) is 5.04. The third kappa shape index (κ3) is 3.34. The number of hydrogen-bond acceptors (Lipinski definition) is 6. The number of thioether (sulfide) groups is 1. The summed E-state index contributed by atoms with van der Waals surface area (Å²) in [7, 11) is 1.60. The van der Waals surface area contributed by atoms with Crippen molar-refractivity contribution < 1.29 is 14.3 Å². The Kier molecular flexibility index (Phi) is 4.28. The first-order valence-electron chi connectivity index (χ1n) is 6.99. The molecule has 2 aromatic rings. The zero-order chi connectivity index (χ0) is 16.4. The van der Waals surface area contributed by atoms with Gasteiger partial charge in [-0.2, -0.15) is 0 Å². The van der Waals surface area contributed by atoms with Gasteiger partial charge in [-0.05, 0) is 24.6 Å². The molecule has 8 nitrogen and oxygen atoms in total. The van der Waals surface area contributed by atoms with Gasteiger partial charge in [-0.25, -0.2) is 9.89 Å². The molecule has 0 saturated heterocycles. The van der Waals surface area contributed by atoms with E-state index in [9.17, 15) is 9.59 Å². The van der Waals surface area contributed by atoms with E-state index < -0.39 is 0 Å². The maximum atomic E-state index is 12.2. The van der Waals surface area contributed by atoms with Gasteiger partial charge in [-0.1, -0.05) is 17.8 Å². The molecular formula is C14H16N4O4S. The van der Waals surface area contributed by atoms with E-state index in [2.05, 4.69) is 15.5 Å². The average molecular weight is 336 g/mol. The molecule has 9 heteroatoms. The third-order valence-corrected chi connectivity index (χ3v) is 4.54. The Morgan fingerprint density at radius 3 is 3.00 bits per heavy atom. The number of hydrogen-bond donors (Lipinski definition) is 2. The van der Waals surface area contributed by atoms with E-state index >= 15 is 0 Å². The van der Waals surface area contributed by atoms with Crippen molar-refractivity contribution >= 4 is 17.7 Å². The Bertz CT molecular complexity index is 785. The van der Waals surface area contributed by atoms with Crippen molar-refractivity contribution in [3.8, 4) is 11.5 Å². The van der Waals surface area contributed by atoms with Crippen LogP contribution in [0.1, 0.15) is 12.5 Å². The van der Waals surface area contributed by atoms with Gasteiger partial charge in [0.1, 0.15) is 0 Å². The zero-order valence-corrected chi connectivity index (χ0v) is 13.5. The Balaban J connectivity index is 1.56. The summed E-state index contributed by atoms with van der Waals surface area (Å²) in [6.45, 7) is 2.37. The van der Waals surface area contributed by atoms with Gasteiger partial charge < -0.3 is 14.8 Å². The van der Waals surface area contributed by atoms with E-state index in [0.717, 1.165) is 5.56 Å². The molecular weight excluding hydrogens is 320 g/mol. The highest BCUT2D eigenvalue weighted by atomic mass is 32.2. The second kappa shape index (κ2) is 6.37. The normalized spacial score (nSPS) is 13.8. The summed E-state index contributed by atoms with van der Waals surface area (Å²) >= 11 is 1.22. The van der Waals surface area contributed by atoms with Crippen LogP contribution in [0.4, 0.5) is 0 Å². The van der Waals surface area contributed by atoms with Crippen molar-refractivity contribution in [2.75, 3.05) is 6.79 Å². The fraction of sp³-hybridized carbons (Fsp3) is 0.357. The van der Waals surface area contributed by atoms with Crippen LogP contribution in [-0.2, 0) is 18.4 Å². The largest absolute Gasteiger partial charge is 0.454 e. The molecule has 3 rings (SSSR count). The summed E-state index contributed by atoms with van der Waals surface area (Å²) in [5.74, 6) is 1.26. The highest BCUT2D eigenvalue weighted by Crippen LogP contribution is 2.32. The van der Waals surface area contributed by atoms with Crippen molar-refractivity contribution in [2.24, 2.45) is 7.05 Å². The van der Waals surface area contributed by atoms with E-state index in [1.54, 1.807) is 14.0 Å². The number of carbonyl (C=O) groups excluding carboxylic acids is 1. The molecule has 1 aromatic heterocycles. The van der Waals surface area contributed by atoms with Gasteiger partial charge in [0.15, 0.2) is 16.7 Å². The smallest absolute Gasteiger partial charge is 0.343 e. The molecule has 1 amide bonds. The fourth-order valence-electron chi connectivity index (χ4n) is 2.03. The third-order valence-electron chi connectivity index (χ3n) is 3.39. The number of aromatic amines is 1. The zero-order valence-electron chi connectivity index (χ0n) is 12.7. The Labute approximate surface area is 136 Å². The molecule has 0 bridgehead atoms. The first kappa shape index (κ1) is 15.5. The number of fused-ring (bicyclic) bond motifs is 1. The van der Waals surface area contributed by atoms with Crippen LogP contribution >= 0.6 is 11.8 Å². The van der Waals surface area contributed by atoms with E-state index in [-0.39, 0.29) is 23.6 Å². The maximum Gasteiger partial charge on any atom is 0.343 e. The minimum Gasteiger partial charge on any atom is -0.454 e. The molecule has 1 atom stereocenters. The second-order valence-corrected chi connectivity index (χ2v) is 6.34. The lowest BCUT2D eigenvalue weighted by molar-refractivity contribution is -0.120. The lowest BCUT2D eigenvalue weighted by Gasteiger charge is -2.11.